The van der Waals surface area contributed by atoms with Gasteiger partial charge in [-0.3, -0.25) is 18.8 Å². The van der Waals surface area contributed by atoms with E-state index in [1.54, 1.807) is 24.3 Å². The number of nitrogens with one attached hydrogen (secondary N) is 2. The number of carbonyl (C=O) groups excluding carboxylic acids is 2. The Balaban J connectivity index is 0.000000256. The molecule has 228 valence electrons. The number of benzene rings is 2. The molecule has 0 bridgehead atoms. The molecule has 0 radical (unpaired) electrons. The number of carbonyl (C=O) groups is 3. The van der Waals surface area contributed by atoms with E-state index in [0.29, 0.717) is 11.1 Å². The van der Waals surface area contributed by atoms with Gasteiger partial charge in [0.25, 0.3) is 16.8 Å². The molecule has 3 aromatic carbocycles. The molecule has 0 fully saturated rings. The Morgan fingerprint density at radius 1 is 1.05 bits per heavy atom. The molecule has 2 heterocycles. The smallest absolute Gasteiger partial charge is 0.353 e. The van der Waals surface area contributed by atoms with Crippen LogP contribution in [-0.4, -0.2) is 44.4 Å². The fourth-order valence-corrected chi connectivity index (χ4v) is 3.80. The lowest BCUT2D eigenvalue weighted by molar-refractivity contribution is 0.0599. The van der Waals surface area contributed by atoms with Crippen molar-refractivity contribution in [3.8, 4) is 0 Å². The third kappa shape index (κ3) is 7.03. The van der Waals surface area contributed by atoms with Gasteiger partial charge in [-0.25, -0.2) is 23.9 Å². The molecule has 0 unspecified atom stereocenters. The predicted molar refractivity (Wildman–Crippen MR) is 159 cm³/mol. The van der Waals surface area contributed by atoms with Gasteiger partial charge in [-0.2, -0.15) is 0 Å². The molecule has 1 amide bonds. The van der Waals surface area contributed by atoms with Crippen LogP contribution in [0.1, 0.15) is 42.5 Å². The molecule has 0 aliphatic rings. The van der Waals surface area contributed by atoms with Gasteiger partial charge in [0, 0.05) is 19.2 Å². The van der Waals surface area contributed by atoms with Crippen molar-refractivity contribution in [2.45, 2.75) is 13.1 Å². The average molecular weight is 626 g/mol. The molecule has 16 heteroatoms. The summed E-state index contributed by atoms with van der Waals surface area (Å²) >= 11 is 0. The molecule has 0 saturated carbocycles. The fraction of sp³-hybridized carbons (Fsp3) is 0.107. The van der Waals surface area contributed by atoms with Gasteiger partial charge in [0.1, 0.15) is 34.9 Å². The number of anilines is 3. The number of imidazole rings is 1. The van der Waals surface area contributed by atoms with E-state index < -0.39 is 34.5 Å². The number of methoxy groups -OCH3 is 1. The Hall–Kier alpha value is -5.67. The maximum atomic E-state index is 13.4. The highest BCUT2D eigenvalue weighted by molar-refractivity contribution is 5.96. The van der Waals surface area contributed by atoms with Gasteiger partial charge in [0.15, 0.2) is 5.65 Å². The van der Waals surface area contributed by atoms with Crippen molar-refractivity contribution in [2.75, 3.05) is 18.2 Å². The maximum Gasteiger partial charge on any atom is 0.353 e. The largest absolute Gasteiger partial charge is 0.477 e. The quantitative estimate of drug-likeness (QED) is 0.123. The Kier molecular flexibility index (Phi) is 10.4. The Labute approximate surface area is 253 Å². The summed E-state index contributed by atoms with van der Waals surface area (Å²) in [5, 5.41) is 14.4. The summed E-state index contributed by atoms with van der Waals surface area (Å²) in [4.78, 5) is 65.0. The predicted octanol–water partition coefficient (Wildman–Crippen LogP) is 1.77. The topological polar surface area (TPSA) is 221 Å². The number of amides is 1. The number of carboxylic acids is 1. The van der Waals surface area contributed by atoms with Gasteiger partial charge >= 0.3 is 11.9 Å². The number of nitrogens with zero attached hydrogens (tertiary/aromatic N) is 3. The molecule has 2 aromatic heterocycles. The van der Waals surface area contributed by atoms with Crippen LogP contribution in [0.2, 0.25) is 0 Å². The molecule has 0 atom stereocenters. The van der Waals surface area contributed by atoms with Crippen LogP contribution in [0.4, 0.5) is 21.5 Å². The second kappa shape index (κ2) is 14.0. The van der Waals surface area contributed by atoms with Gasteiger partial charge in [-0.15, -0.1) is 12.4 Å². The SMILES string of the molecule is COC(=O)c1ccc(CNC(=O)c2cc(C(=O)O)n3cncc3n2)cc1.Cl.NCc1ccc(F)c(Nc2c(N)c(=O)c2=O)c1. The molecule has 0 saturated heterocycles. The fourth-order valence-electron chi connectivity index (χ4n) is 3.80. The van der Waals surface area contributed by atoms with E-state index in [4.69, 9.17) is 11.5 Å². The van der Waals surface area contributed by atoms with E-state index in [-0.39, 0.29) is 59.6 Å². The highest BCUT2D eigenvalue weighted by Crippen LogP contribution is 2.22. The monoisotopic (exact) mass is 625 g/mol. The van der Waals surface area contributed by atoms with Crippen LogP contribution in [-0.2, 0) is 17.8 Å². The number of aromatic nitrogens is 3. The van der Waals surface area contributed by atoms with Crippen LogP contribution in [0.15, 0.2) is 70.6 Å². The molecular weight excluding hydrogens is 601 g/mol. The van der Waals surface area contributed by atoms with Gasteiger partial charge in [-0.05, 0) is 35.4 Å². The Morgan fingerprint density at radius 3 is 2.34 bits per heavy atom. The normalized spacial score (nSPS) is 10.3. The summed E-state index contributed by atoms with van der Waals surface area (Å²) in [5.74, 6) is -2.70. The molecule has 0 spiro atoms. The van der Waals surface area contributed by atoms with Crippen LogP contribution in [0.25, 0.3) is 5.65 Å². The number of hydrogen-bond donors (Lipinski definition) is 5. The van der Waals surface area contributed by atoms with Crippen molar-refractivity contribution in [3.05, 3.63) is 115 Å². The molecule has 44 heavy (non-hydrogen) atoms. The van der Waals surface area contributed by atoms with E-state index >= 15 is 0 Å². The number of fused-ring (bicyclic) bond motifs is 1. The first-order chi connectivity index (χ1) is 20.5. The van der Waals surface area contributed by atoms with Crippen LogP contribution in [0, 0.1) is 5.82 Å². The molecule has 0 aliphatic heterocycles. The maximum absolute atomic E-state index is 13.4. The van der Waals surface area contributed by atoms with Crippen LogP contribution in [0.3, 0.4) is 0 Å². The Morgan fingerprint density at radius 2 is 1.73 bits per heavy atom. The summed E-state index contributed by atoms with van der Waals surface area (Å²) in [6.07, 6.45) is 2.69. The van der Waals surface area contributed by atoms with Crippen LogP contribution >= 0.6 is 12.4 Å². The van der Waals surface area contributed by atoms with Crippen LogP contribution in [0.5, 0.6) is 0 Å². The minimum absolute atomic E-state index is 0. The first-order valence-electron chi connectivity index (χ1n) is 12.4. The number of carboxylic acid groups (broad SMARTS) is 1. The lowest BCUT2D eigenvalue weighted by Gasteiger charge is -2.11. The van der Waals surface area contributed by atoms with E-state index in [2.05, 4.69) is 25.3 Å². The van der Waals surface area contributed by atoms with Crippen molar-refractivity contribution < 1.29 is 28.6 Å². The first kappa shape index (κ1) is 32.8. The van der Waals surface area contributed by atoms with Crippen molar-refractivity contribution in [1.29, 1.82) is 0 Å². The van der Waals surface area contributed by atoms with E-state index in [9.17, 15) is 33.5 Å². The summed E-state index contributed by atoms with van der Waals surface area (Å²) < 4.78 is 19.3. The third-order valence-electron chi connectivity index (χ3n) is 6.14. The molecule has 5 rings (SSSR count). The highest BCUT2D eigenvalue weighted by atomic mass is 35.5. The summed E-state index contributed by atoms with van der Waals surface area (Å²) in [5.41, 5.74) is 11.1. The number of aromatic carboxylic acids is 1. The number of halogens is 2. The van der Waals surface area contributed by atoms with Crippen molar-refractivity contribution in [1.82, 2.24) is 19.7 Å². The van der Waals surface area contributed by atoms with Crippen molar-refractivity contribution >= 4 is 53.0 Å². The minimum Gasteiger partial charge on any atom is -0.477 e. The number of rotatable bonds is 8. The standard InChI is InChI=1S/C17H14N4O5.C11H10FN3O2.ClH/c1-26-17(25)11-4-2-10(3-5-11)7-19-15(22)12-6-13(16(23)24)21-9-18-8-14(21)20-12;12-6-2-1-5(4-13)3-7(6)15-9-8(14)10(16)11(9)17;/h2-6,8-9H,7H2,1H3,(H,19,22)(H,23,24);1-3,15H,4,13-14H2;1H. The summed E-state index contributed by atoms with van der Waals surface area (Å²) in [6, 6.07) is 12.0. The van der Waals surface area contributed by atoms with E-state index in [0.717, 1.165) is 5.56 Å². The van der Waals surface area contributed by atoms with Gasteiger partial charge < -0.3 is 31.9 Å². The molecule has 0 aliphatic carbocycles. The van der Waals surface area contributed by atoms with E-state index in [1.165, 1.54) is 48.3 Å². The molecular formula is C28H25ClFN7O7. The summed E-state index contributed by atoms with van der Waals surface area (Å²) in [6.45, 7) is 0.436. The second-order valence-electron chi connectivity index (χ2n) is 8.92. The summed E-state index contributed by atoms with van der Waals surface area (Å²) in [7, 11) is 1.30. The minimum atomic E-state index is -1.19. The lowest BCUT2D eigenvalue weighted by atomic mass is 10.1. The zero-order valence-corrected chi connectivity index (χ0v) is 23.7. The molecule has 5 aromatic rings. The second-order valence-corrected chi connectivity index (χ2v) is 8.92. The Bertz CT molecular complexity index is 1920. The number of esters is 1. The van der Waals surface area contributed by atoms with Crippen molar-refractivity contribution in [3.63, 3.8) is 0 Å². The van der Waals surface area contributed by atoms with Gasteiger partial charge in [-0.1, -0.05) is 18.2 Å². The third-order valence-corrected chi connectivity index (χ3v) is 6.14. The molecule has 7 N–H and O–H groups in total. The van der Waals surface area contributed by atoms with Crippen molar-refractivity contribution in [2.24, 2.45) is 5.73 Å². The van der Waals surface area contributed by atoms with Gasteiger partial charge in [0.05, 0.1) is 24.6 Å². The number of ether oxygens (including phenoxy) is 1. The first-order valence-corrected chi connectivity index (χ1v) is 12.4. The zero-order chi connectivity index (χ0) is 31.3. The highest BCUT2D eigenvalue weighted by Gasteiger charge is 2.19. The average Bonchev–Trinajstić information content (AvgIpc) is 3.51. The lowest BCUT2D eigenvalue weighted by Crippen LogP contribution is -2.36. The molecule has 14 nitrogen and oxygen atoms in total. The van der Waals surface area contributed by atoms with E-state index in [1.807, 2.05) is 0 Å². The number of hydrogen-bond acceptors (Lipinski definition) is 11. The van der Waals surface area contributed by atoms with Crippen LogP contribution < -0.4 is 33.0 Å². The number of nitrogen functional groups attached to an aromatic ring is 1. The zero-order valence-electron chi connectivity index (χ0n) is 22.9. The number of nitrogens with two attached hydrogens (primary N) is 2. The van der Waals surface area contributed by atoms with Gasteiger partial charge in [0.2, 0.25) is 0 Å².